The van der Waals surface area contributed by atoms with Crippen molar-refractivity contribution in [2.24, 2.45) is 5.92 Å². The molecular formula is C14H21NO2. The van der Waals surface area contributed by atoms with Crippen LogP contribution in [0.3, 0.4) is 0 Å². The summed E-state index contributed by atoms with van der Waals surface area (Å²) in [5.74, 6) is 1.35. The van der Waals surface area contributed by atoms with Crippen molar-refractivity contribution in [3.63, 3.8) is 0 Å². The van der Waals surface area contributed by atoms with Gasteiger partial charge in [-0.15, -0.1) is 0 Å². The lowest BCUT2D eigenvalue weighted by Crippen LogP contribution is -2.25. The number of nitrogens with zero attached hydrogens (tertiary/aromatic N) is 1. The van der Waals surface area contributed by atoms with Gasteiger partial charge in [0.15, 0.2) is 0 Å². The third-order valence-electron chi connectivity index (χ3n) is 3.72. The highest BCUT2D eigenvalue weighted by Gasteiger charge is 2.26. The summed E-state index contributed by atoms with van der Waals surface area (Å²) >= 11 is 0. The van der Waals surface area contributed by atoms with Gasteiger partial charge in [0.05, 0.1) is 7.11 Å². The van der Waals surface area contributed by atoms with E-state index in [-0.39, 0.29) is 0 Å². The summed E-state index contributed by atoms with van der Waals surface area (Å²) in [6.07, 6.45) is 1.11. The van der Waals surface area contributed by atoms with Crippen LogP contribution in [0.1, 0.15) is 24.9 Å². The molecule has 0 saturated carbocycles. The van der Waals surface area contributed by atoms with E-state index in [0.29, 0.717) is 18.6 Å². The molecule has 1 aromatic rings. The van der Waals surface area contributed by atoms with Crippen LogP contribution in [0.2, 0.25) is 0 Å². The molecule has 0 aromatic heterocycles. The van der Waals surface area contributed by atoms with E-state index < -0.39 is 0 Å². The van der Waals surface area contributed by atoms with Gasteiger partial charge >= 0.3 is 0 Å². The Kier molecular flexibility index (Phi) is 4.02. The molecule has 3 nitrogen and oxygen atoms in total. The molecule has 0 spiro atoms. The molecule has 3 heteroatoms. The lowest BCUT2D eigenvalue weighted by molar-refractivity contribution is 0.204. The normalized spacial score (nSPS) is 22.6. The number of likely N-dealkylation sites (tertiary alicyclic amines) is 1. The van der Waals surface area contributed by atoms with Crippen LogP contribution in [-0.2, 0) is 0 Å². The zero-order valence-electron chi connectivity index (χ0n) is 10.6. The Morgan fingerprint density at radius 2 is 2.12 bits per heavy atom. The predicted molar refractivity (Wildman–Crippen MR) is 68.2 cm³/mol. The van der Waals surface area contributed by atoms with E-state index in [0.717, 1.165) is 25.3 Å². The van der Waals surface area contributed by atoms with E-state index >= 15 is 0 Å². The molecule has 2 unspecified atom stereocenters. The quantitative estimate of drug-likeness (QED) is 0.867. The molecule has 2 rings (SSSR count). The first-order valence-electron chi connectivity index (χ1n) is 6.23. The Labute approximate surface area is 103 Å². The van der Waals surface area contributed by atoms with Gasteiger partial charge in [-0.05, 0) is 43.5 Å². The maximum Gasteiger partial charge on any atom is 0.118 e. The van der Waals surface area contributed by atoms with Crippen molar-refractivity contribution in [3.05, 3.63) is 29.8 Å². The van der Waals surface area contributed by atoms with Crippen molar-refractivity contribution in [2.45, 2.75) is 19.4 Å². The summed E-state index contributed by atoms with van der Waals surface area (Å²) in [6.45, 7) is 4.62. The highest BCUT2D eigenvalue weighted by atomic mass is 16.5. The molecule has 1 N–H and O–H groups in total. The highest BCUT2D eigenvalue weighted by molar-refractivity contribution is 5.29. The number of ether oxygens (including phenoxy) is 1. The fourth-order valence-corrected chi connectivity index (χ4v) is 2.46. The zero-order chi connectivity index (χ0) is 12.3. The Balaban J connectivity index is 2.01. The molecule has 1 aliphatic rings. The van der Waals surface area contributed by atoms with E-state index in [2.05, 4.69) is 24.0 Å². The smallest absolute Gasteiger partial charge is 0.118 e. The molecular weight excluding hydrogens is 214 g/mol. The van der Waals surface area contributed by atoms with Crippen LogP contribution in [0.5, 0.6) is 5.75 Å². The molecule has 1 heterocycles. The van der Waals surface area contributed by atoms with Crippen LogP contribution in [-0.4, -0.2) is 36.8 Å². The first-order valence-corrected chi connectivity index (χ1v) is 6.23. The molecule has 1 fully saturated rings. The first kappa shape index (κ1) is 12.4. The van der Waals surface area contributed by atoms with Gasteiger partial charge in [0.2, 0.25) is 0 Å². The lowest BCUT2D eigenvalue weighted by atomic mass is 10.1. The van der Waals surface area contributed by atoms with Crippen LogP contribution in [0.25, 0.3) is 0 Å². The van der Waals surface area contributed by atoms with E-state index in [1.165, 1.54) is 5.56 Å². The Bertz CT molecular complexity index is 350. The molecule has 0 radical (unpaired) electrons. The van der Waals surface area contributed by atoms with Crippen LogP contribution < -0.4 is 4.74 Å². The summed E-state index contributed by atoms with van der Waals surface area (Å²) in [4.78, 5) is 2.43. The number of hydrogen-bond donors (Lipinski definition) is 1. The van der Waals surface area contributed by atoms with Gasteiger partial charge in [-0.3, -0.25) is 4.90 Å². The van der Waals surface area contributed by atoms with Crippen LogP contribution in [0.15, 0.2) is 24.3 Å². The Morgan fingerprint density at radius 1 is 1.41 bits per heavy atom. The number of methoxy groups -OCH3 is 1. The third-order valence-corrected chi connectivity index (χ3v) is 3.72. The fraction of sp³-hybridized carbons (Fsp3) is 0.571. The number of hydrogen-bond acceptors (Lipinski definition) is 3. The SMILES string of the molecule is COc1ccc(C(C)N2CCC(CO)C2)cc1. The van der Waals surface area contributed by atoms with Crippen LogP contribution >= 0.6 is 0 Å². The minimum atomic E-state index is 0.311. The van der Waals surface area contributed by atoms with Gasteiger partial charge < -0.3 is 9.84 Å². The maximum atomic E-state index is 9.16. The van der Waals surface area contributed by atoms with Crippen molar-refractivity contribution >= 4 is 0 Å². The van der Waals surface area contributed by atoms with E-state index in [9.17, 15) is 0 Å². The van der Waals surface area contributed by atoms with E-state index in [1.54, 1.807) is 7.11 Å². The third kappa shape index (κ3) is 2.79. The number of benzene rings is 1. The van der Waals surface area contributed by atoms with Crippen LogP contribution in [0, 0.1) is 5.92 Å². The summed E-state index contributed by atoms with van der Waals surface area (Å²) in [5.41, 5.74) is 1.31. The van der Waals surface area contributed by atoms with E-state index in [4.69, 9.17) is 9.84 Å². The summed E-state index contributed by atoms with van der Waals surface area (Å²) in [7, 11) is 1.69. The minimum Gasteiger partial charge on any atom is -0.497 e. The van der Waals surface area contributed by atoms with E-state index in [1.807, 2.05) is 12.1 Å². The average Bonchev–Trinajstić information content (AvgIpc) is 2.87. The Hall–Kier alpha value is -1.06. The molecule has 0 amide bonds. The topological polar surface area (TPSA) is 32.7 Å². The second kappa shape index (κ2) is 5.52. The maximum absolute atomic E-state index is 9.16. The number of aliphatic hydroxyl groups is 1. The second-order valence-electron chi connectivity index (χ2n) is 4.78. The standard InChI is InChI=1S/C14H21NO2/c1-11(15-8-7-12(9-15)10-16)13-3-5-14(17-2)6-4-13/h3-6,11-12,16H,7-10H2,1-2H3. The van der Waals surface area contributed by atoms with Crippen molar-refractivity contribution < 1.29 is 9.84 Å². The molecule has 94 valence electrons. The summed E-state index contributed by atoms with van der Waals surface area (Å²) < 4.78 is 5.16. The van der Waals surface area contributed by atoms with Gasteiger partial charge in [-0.25, -0.2) is 0 Å². The summed E-state index contributed by atoms with van der Waals surface area (Å²) in [6, 6.07) is 8.67. The Morgan fingerprint density at radius 3 is 2.65 bits per heavy atom. The molecule has 1 saturated heterocycles. The number of rotatable bonds is 4. The fourth-order valence-electron chi connectivity index (χ4n) is 2.46. The molecule has 0 aliphatic carbocycles. The molecule has 2 atom stereocenters. The van der Waals surface area contributed by atoms with Gasteiger partial charge in [0, 0.05) is 19.2 Å². The monoisotopic (exact) mass is 235 g/mol. The van der Waals surface area contributed by atoms with Gasteiger partial charge in [-0.1, -0.05) is 12.1 Å². The molecule has 17 heavy (non-hydrogen) atoms. The molecule has 1 aliphatic heterocycles. The number of aliphatic hydroxyl groups excluding tert-OH is 1. The van der Waals surface area contributed by atoms with Crippen molar-refractivity contribution in [1.29, 1.82) is 0 Å². The second-order valence-corrected chi connectivity index (χ2v) is 4.78. The minimum absolute atomic E-state index is 0.311. The molecule has 0 bridgehead atoms. The molecule has 1 aromatic carbocycles. The van der Waals surface area contributed by atoms with Gasteiger partial charge in [-0.2, -0.15) is 0 Å². The zero-order valence-corrected chi connectivity index (χ0v) is 10.6. The van der Waals surface area contributed by atoms with Crippen molar-refractivity contribution in [3.8, 4) is 5.75 Å². The largest absolute Gasteiger partial charge is 0.497 e. The summed E-state index contributed by atoms with van der Waals surface area (Å²) in [5, 5.41) is 9.16. The predicted octanol–water partition coefficient (Wildman–Crippen LogP) is 2.07. The lowest BCUT2D eigenvalue weighted by Gasteiger charge is -2.24. The van der Waals surface area contributed by atoms with Crippen LogP contribution in [0.4, 0.5) is 0 Å². The van der Waals surface area contributed by atoms with Gasteiger partial charge in [0.1, 0.15) is 5.75 Å². The highest BCUT2D eigenvalue weighted by Crippen LogP contribution is 2.28. The average molecular weight is 235 g/mol. The van der Waals surface area contributed by atoms with Gasteiger partial charge in [0.25, 0.3) is 0 Å². The van der Waals surface area contributed by atoms with Crippen molar-refractivity contribution in [1.82, 2.24) is 4.90 Å². The first-order chi connectivity index (χ1) is 8.24. The van der Waals surface area contributed by atoms with Crippen molar-refractivity contribution in [2.75, 3.05) is 26.8 Å².